The molecule has 0 N–H and O–H groups in total. The number of carbonyl (C=O) groups is 1. The number of aromatic nitrogens is 1. The number of hydrogen-bond donors (Lipinski definition) is 0. The Kier molecular flexibility index (Phi) is 2.42. The van der Waals surface area contributed by atoms with Crippen molar-refractivity contribution in [3.05, 3.63) is 47.0 Å². The number of thiophene rings is 1. The van der Waals surface area contributed by atoms with Gasteiger partial charge >= 0.3 is 0 Å². The van der Waals surface area contributed by atoms with Gasteiger partial charge in [-0.15, -0.1) is 11.3 Å². The molecule has 3 aromatic rings. The molecular formula is C17H15NOS. The van der Waals surface area contributed by atoms with Crippen LogP contribution in [0.5, 0.6) is 0 Å². The molecule has 0 saturated carbocycles. The summed E-state index contributed by atoms with van der Waals surface area (Å²) in [6.07, 6.45) is 0.650. The molecular weight excluding hydrogens is 266 g/mol. The Hall–Kier alpha value is -1.87. The Balaban J connectivity index is 2.04. The van der Waals surface area contributed by atoms with Gasteiger partial charge in [0.05, 0.1) is 5.69 Å². The first-order valence-electron chi connectivity index (χ1n) is 6.86. The maximum Gasteiger partial charge on any atom is 0.180 e. The summed E-state index contributed by atoms with van der Waals surface area (Å²) in [6.45, 7) is 2.15. The number of aryl methyl sites for hydroxylation is 1. The van der Waals surface area contributed by atoms with Gasteiger partial charge in [-0.1, -0.05) is 19.1 Å². The smallest absolute Gasteiger partial charge is 0.180 e. The maximum atomic E-state index is 12.2. The van der Waals surface area contributed by atoms with Crippen LogP contribution in [0.15, 0.2) is 35.7 Å². The van der Waals surface area contributed by atoms with Gasteiger partial charge in [-0.25, -0.2) is 0 Å². The van der Waals surface area contributed by atoms with E-state index in [1.54, 1.807) is 11.3 Å². The topological polar surface area (TPSA) is 22.0 Å². The summed E-state index contributed by atoms with van der Waals surface area (Å²) >= 11 is 1.75. The molecule has 1 aliphatic rings. The quantitative estimate of drug-likeness (QED) is 0.639. The van der Waals surface area contributed by atoms with E-state index in [4.69, 9.17) is 0 Å². The van der Waals surface area contributed by atoms with Crippen molar-refractivity contribution in [2.75, 3.05) is 0 Å². The molecule has 1 aliphatic carbocycles. The second kappa shape index (κ2) is 4.06. The highest BCUT2D eigenvalue weighted by Crippen LogP contribution is 2.41. The monoisotopic (exact) mass is 281 g/mol. The van der Waals surface area contributed by atoms with Gasteiger partial charge in [0.1, 0.15) is 0 Å². The largest absolute Gasteiger partial charge is 0.341 e. The Morgan fingerprint density at radius 2 is 2.15 bits per heavy atom. The van der Waals surface area contributed by atoms with E-state index in [0.717, 1.165) is 11.2 Å². The van der Waals surface area contributed by atoms with E-state index in [2.05, 4.69) is 47.2 Å². The second-order valence-electron chi connectivity index (χ2n) is 5.56. The minimum Gasteiger partial charge on any atom is -0.341 e. The van der Waals surface area contributed by atoms with Crippen LogP contribution in [0, 0.1) is 0 Å². The lowest BCUT2D eigenvalue weighted by molar-refractivity contribution is 0.0983. The Morgan fingerprint density at radius 1 is 1.30 bits per heavy atom. The number of fused-ring (bicyclic) bond motifs is 3. The fraction of sp³-hybridized carbons (Fsp3) is 0.235. The van der Waals surface area contributed by atoms with E-state index in [-0.39, 0.29) is 5.78 Å². The summed E-state index contributed by atoms with van der Waals surface area (Å²) in [5.74, 6) is 0.614. The molecule has 4 rings (SSSR count). The molecule has 100 valence electrons. The first kappa shape index (κ1) is 11.9. The number of carbonyl (C=O) groups excluding carboxylic acids is 1. The van der Waals surface area contributed by atoms with Crippen LogP contribution in [-0.2, 0) is 7.05 Å². The van der Waals surface area contributed by atoms with Gasteiger partial charge in [0.15, 0.2) is 5.78 Å². The average molecular weight is 281 g/mol. The van der Waals surface area contributed by atoms with E-state index >= 15 is 0 Å². The van der Waals surface area contributed by atoms with E-state index in [9.17, 15) is 4.79 Å². The maximum absolute atomic E-state index is 12.2. The molecule has 2 aromatic heterocycles. The fourth-order valence-corrected chi connectivity index (χ4v) is 4.11. The molecule has 1 aromatic carbocycles. The van der Waals surface area contributed by atoms with Crippen molar-refractivity contribution in [3.63, 3.8) is 0 Å². The molecule has 0 spiro atoms. The summed E-state index contributed by atoms with van der Waals surface area (Å²) in [5.41, 5.74) is 4.56. The third-order valence-corrected chi connectivity index (χ3v) is 5.21. The van der Waals surface area contributed by atoms with Crippen LogP contribution in [0.4, 0.5) is 0 Å². The Bertz CT molecular complexity index is 826. The van der Waals surface area contributed by atoms with E-state index < -0.39 is 0 Å². The summed E-state index contributed by atoms with van der Waals surface area (Å²) in [7, 11) is 2.00. The second-order valence-corrected chi connectivity index (χ2v) is 6.51. The molecule has 20 heavy (non-hydrogen) atoms. The molecule has 3 heteroatoms. The number of hydrogen-bond acceptors (Lipinski definition) is 2. The van der Waals surface area contributed by atoms with Gasteiger partial charge in [0.25, 0.3) is 0 Å². The van der Waals surface area contributed by atoms with Crippen LogP contribution in [0.1, 0.15) is 35.3 Å². The normalized spacial score (nSPS) is 17.9. The molecule has 2 nitrogen and oxygen atoms in total. The first-order valence-corrected chi connectivity index (χ1v) is 7.74. The first-order chi connectivity index (χ1) is 9.66. The minimum atomic E-state index is 0.281. The van der Waals surface area contributed by atoms with Gasteiger partial charge in [0.2, 0.25) is 0 Å². The van der Waals surface area contributed by atoms with Crippen molar-refractivity contribution >= 4 is 28.0 Å². The number of ketones is 1. The number of rotatable bonds is 1. The zero-order valence-corrected chi connectivity index (χ0v) is 12.3. The average Bonchev–Trinajstić information content (AvgIpc) is 3.10. The molecule has 0 bridgehead atoms. The van der Waals surface area contributed by atoms with Gasteiger partial charge in [-0.2, -0.15) is 0 Å². The number of Topliss-reactive ketones (excluding diaryl/α,β-unsaturated/α-hetero) is 1. The van der Waals surface area contributed by atoms with E-state index in [1.165, 1.54) is 21.4 Å². The van der Waals surface area contributed by atoms with Crippen molar-refractivity contribution in [2.45, 2.75) is 19.3 Å². The lowest BCUT2D eigenvalue weighted by atomic mass is 10.0. The summed E-state index contributed by atoms with van der Waals surface area (Å²) < 4.78 is 2.06. The van der Waals surface area contributed by atoms with Crippen LogP contribution >= 0.6 is 11.3 Å². The molecule has 0 saturated heterocycles. The van der Waals surface area contributed by atoms with Crippen LogP contribution in [0.3, 0.4) is 0 Å². The van der Waals surface area contributed by atoms with E-state index in [0.29, 0.717) is 12.3 Å². The van der Waals surface area contributed by atoms with Gasteiger partial charge < -0.3 is 4.57 Å². The summed E-state index contributed by atoms with van der Waals surface area (Å²) in [5, 5.41) is 3.34. The van der Waals surface area contributed by atoms with Gasteiger partial charge in [-0.3, -0.25) is 4.79 Å². The number of nitrogens with zero attached hydrogens (tertiary/aromatic N) is 1. The van der Waals surface area contributed by atoms with E-state index in [1.807, 2.05) is 7.05 Å². The predicted molar refractivity (Wildman–Crippen MR) is 83.6 cm³/mol. The van der Waals surface area contributed by atoms with Crippen molar-refractivity contribution in [3.8, 4) is 10.4 Å². The van der Waals surface area contributed by atoms with Crippen LogP contribution in [0.2, 0.25) is 0 Å². The summed E-state index contributed by atoms with van der Waals surface area (Å²) in [6, 6.07) is 10.8. The van der Waals surface area contributed by atoms with Gasteiger partial charge in [-0.05, 0) is 40.6 Å². The molecule has 0 radical (unpaired) electrons. The third-order valence-electron chi connectivity index (χ3n) is 4.29. The molecule has 1 atom stereocenters. The fourth-order valence-electron chi connectivity index (χ4n) is 3.38. The molecule has 1 unspecified atom stereocenters. The number of benzene rings is 1. The van der Waals surface area contributed by atoms with Crippen molar-refractivity contribution < 1.29 is 4.79 Å². The van der Waals surface area contributed by atoms with Crippen LogP contribution < -0.4 is 0 Å². The summed E-state index contributed by atoms with van der Waals surface area (Å²) in [4.78, 5) is 13.4. The highest BCUT2D eigenvalue weighted by Gasteiger charge is 2.32. The lowest BCUT2D eigenvalue weighted by Gasteiger charge is -2.04. The zero-order valence-electron chi connectivity index (χ0n) is 11.5. The van der Waals surface area contributed by atoms with Crippen molar-refractivity contribution in [1.29, 1.82) is 0 Å². The van der Waals surface area contributed by atoms with Crippen LogP contribution in [0.25, 0.3) is 21.3 Å². The Labute approximate surface area is 121 Å². The molecule has 0 fully saturated rings. The minimum absolute atomic E-state index is 0.281. The SMILES string of the molecule is CC1CC(=O)c2c1c1cc(-c3cccs3)ccc1n2C. The third kappa shape index (κ3) is 1.47. The standard InChI is InChI=1S/C17H15NOS/c1-10-8-14(19)17-16(10)12-9-11(15-4-3-7-20-15)5-6-13(12)18(17)2/h3-7,9-10H,8H2,1-2H3. The van der Waals surface area contributed by atoms with Crippen molar-refractivity contribution in [2.24, 2.45) is 7.05 Å². The molecule has 0 aliphatic heterocycles. The van der Waals surface area contributed by atoms with Gasteiger partial charge in [0, 0.05) is 29.2 Å². The highest BCUT2D eigenvalue weighted by molar-refractivity contribution is 7.13. The lowest BCUT2D eigenvalue weighted by Crippen LogP contribution is -2.01. The molecule has 2 heterocycles. The highest BCUT2D eigenvalue weighted by atomic mass is 32.1. The zero-order chi connectivity index (χ0) is 13.9. The van der Waals surface area contributed by atoms with Crippen molar-refractivity contribution in [1.82, 2.24) is 4.57 Å². The van der Waals surface area contributed by atoms with Crippen LogP contribution in [-0.4, -0.2) is 10.4 Å². The predicted octanol–water partition coefficient (Wildman–Crippen LogP) is 4.60. The Morgan fingerprint density at radius 3 is 2.90 bits per heavy atom. The molecule has 0 amide bonds.